The van der Waals surface area contributed by atoms with Crippen LogP contribution in [0.25, 0.3) is 6.08 Å². The predicted molar refractivity (Wildman–Crippen MR) is 145 cm³/mol. The van der Waals surface area contributed by atoms with Crippen LogP contribution < -0.4 is 10.1 Å². The Morgan fingerprint density at radius 2 is 1.72 bits per heavy atom. The number of nitrogens with zero attached hydrogens (tertiary/aromatic N) is 1. The minimum atomic E-state index is -0.267. The lowest BCUT2D eigenvalue weighted by atomic mass is 10.2. The molecule has 0 spiro atoms. The second-order valence-electron chi connectivity index (χ2n) is 7.05. The molecule has 4 nitrogen and oxygen atoms in total. The number of hydrogen-bond donors (Lipinski definition) is 1. The third-order valence-corrected chi connectivity index (χ3v) is 7.04. The lowest BCUT2D eigenvalue weighted by Crippen LogP contribution is -2.19. The van der Waals surface area contributed by atoms with Gasteiger partial charge in [0.1, 0.15) is 18.2 Å². The van der Waals surface area contributed by atoms with E-state index < -0.39 is 0 Å². The Hall–Kier alpha value is -1.92. The Labute approximate surface area is 217 Å². The monoisotopic (exact) mass is 670 g/mol. The summed E-state index contributed by atoms with van der Waals surface area (Å²) in [6.45, 7) is 2.37. The van der Waals surface area contributed by atoms with Crippen LogP contribution in [0.15, 0.2) is 70.6 Å². The second kappa shape index (κ2) is 10.3. The third-order valence-electron chi connectivity index (χ3n) is 4.53. The topological polar surface area (TPSA) is 50.7 Å². The fourth-order valence-electron chi connectivity index (χ4n) is 2.91. The van der Waals surface area contributed by atoms with Gasteiger partial charge in [0.2, 0.25) is 0 Å². The first kappa shape index (κ1) is 23.2. The Kier molecular flexibility index (Phi) is 7.51. The highest BCUT2D eigenvalue weighted by molar-refractivity contribution is 14.1. The summed E-state index contributed by atoms with van der Waals surface area (Å²) in [5.41, 5.74) is 3.75. The Morgan fingerprint density at radius 1 is 1.06 bits per heavy atom. The van der Waals surface area contributed by atoms with Gasteiger partial charge in [0.05, 0.1) is 17.7 Å². The van der Waals surface area contributed by atoms with Gasteiger partial charge >= 0.3 is 0 Å². The van der Waals surface area contributed by atoms with Crippen molar-refractivity contribution < 1.29 is 13.9 Å². The van der Waals surface area contributed by atoms with Crippen molar-refractivity contribution in [3.63, 3.8) is 0 Å². The van der Waals surface area contributed by atoms with Crippen LogP contribution in [-0.2, 0) is 11.4 Å². The van der Waals surface area contributed by atoms with E-state index in [-0.39, 0.29) is 11.7 Å². The average molecular weight is 670 g/mol. The van der Waals surface area contributed by atoms with Crippen molar-refractivity contribution >= 4 is 79.8 Å². The largest absolute Gasteiger partial charge is 0.487 e. The van der Waals surface area contributed by atoms with Gasteiger partial charge in [0.15, 0.2) is 5.17 Å². The SMILES string of the molecule is Cc1ccc(N=C2NC(=O)/C(=C\c3cc(I)c(OCc4ccc(F)cc4)c(I)c3)S2)cc1. The number of thioether (sulfide) groups is 1. The summed E-state index contributed by atoms with van der Waals surface area (Å²) in [6.07, 6.45) is 1.85. The molecule has 0 aliphatic carbocycles. The fourth-order valence-corrected chi connectivity index (χ4v) is 5.87. The highest BCUT2D eigenvalue weighted by Crippen LogP contribution is 2.33. The molecule has 1 saturated heterocycles. The van der Waals surface area contributed by atoms with E-state index in [0.29, 0.717) is 16.7 Å². The van der Waals surface area contributed by atoms with Crippen LogP contribution in [0.3, 0.4) is 0 Å². The molecule has 3 aromatic carbocycles. The zero-order chi connectivity index (χ0) is 22.7. The molecular formula is C24H17FI2N2O2S. The summed E-state index contributed by atoms with van der Waals surface area (Å²) in [4.78, 5) is 17.5. The van der Waals surface area contributed by atoms with E-state index in [9.17, 15) is 9.18 Å². The van der Waals surface area contributed by atoms with Gasteiger partial charge in [0.25, 0.3) is 5.91 Å². The number of aliphatic imine (C=N–C) groups is 1. The van der Waals surface area contributed by atoms with Gasteiger partial charge in [0, 0.05) is 0 Å². The van der Waals surface area contributed by atoms with E-state index in [1.807, 2.05) is 49.4 Å². The summed E-state index contributed by atoms with van der Waals surface area (Å²) in [5, 5.41) is 3.38. The summed E-state index contributed by atoms with van der Waals surface area (Å²) in [6, 6.07) is 18.0. The molecule has 32 heavy (non-hydrogen) atoms. The zero-order valence-electron chi connectivity index (χ0n) is 16.9. The van der Waals surface area contributed by atoms with Gasteiger partial charge in [-0.1, -0.05) is 29.8 Å². The fraction of sp³-hybridized carbons (Fsp3) is 0.0833. The number of nitrogens with one attached hydrogen (secondary N) is 1. The zero-order valence-corrected chi connectivity index (χ0v) is 22.0. The minimum Gasteiger partial charge on any atom is -0.487 e. The first-order valence-corrected chi connectivity index (χ1v) is 12.6. The van der Waals surface area contributed by atoms with Crippen LogP contribution in [-0.4, -0.2) is 11.1 Å². The highest BCUT2D eigenvalue weighted by atomic mass is 127. The van der Waals surface area contributed by atoms with Gasteiger partial charge in [-0.25, -0.2) is 9.38 Å². The number of benzene rings is 3. The smallest absolute Gasteiger partial charge is 0.264 e. The van der Waals surface area contributed by atoms with Gasteiger partial charge in [-0.2, -0.15) is 0 Å². The lowest BCUT2D eigenvalue weighted by molar-refractivity contribution is -0.115. The molecule has 1 heterocycles. The van der Waals surface area contributed by atoms with E-state index in [1.54, 1.807) is 12.1 Å². The molecule has 1 aliphatic heterocycles. The van der Waals surface area contributed by atoms with Gasteiger partial charge in [-0.3, -0.25) is 4.79 Å². The molecule has 3 aromatic rings. The Morgan fingerprint density at radius 3 is 2.38 bits per heavy atom. The Bertz CT molecular complexity index is 1200. The molecule has 0 atom stereocenters. The van der Waals surface area contributed by atoms with E-state index in [4.69, 9.17) is 4.74 Å². The summed E-state index contributed by atoms with van der Waals surface area (Å²) in [7, 11) is 0. The number of rotatable bonds is 5. The molecule has 1 N–H and O–H groups in total. The maximum atomic E-state index is 13.1. The van der Waals surface area contributed by atoms with Crippen LogP contribution in [0, 0.1) is 19.9 Å². The molecule has 0 bridgehead atoms. The van der Waals surface area contributed by atoms with Gasteiger partial charge < -0.3 is 10.1 Å². The number of carbonyl (C=O) groups is 1. The first-order chi connectivity index (χ1) is 15.4. The van der Waals surface area contributed by atoms with Crippen LogP contribution in [0.2, 0.25) is 0 Å². The van der Waals surface area contributed by atoms with E-state index >= 15 is 0 Å². The van der Waals surface area contributed by atoms with Crippen molar-refractivity contribution in [3.8, 4) is 5.75 Å². The average Bonchev–Trinajstić information content (AvgIpc) is 3.09. The maximum Gasteiger partial charge on any atom is 0.264 e. The van der Waals surface area contributed by atoms with Gasteiger partial charge in [-0.05, 0) is 117 Å². The van der Waals surface area contributed by atoms with Crippen LogP contribution >= 0.6 is 56.9 Å². The molecule has 1 aliphatic rings. The van der Waals surface area contributed by atoms with Crippen molar-refractivity contribution in [1.29, 1.82) is 0 Å². The molecule has 0 saturated carbocycles. The summed E-state index contributed by atoms with van der Waals surface area (Å²) >= 11 is 5.77. The summed E-state index contributed by atoms with van der Waals surface area (Å²) < 4.78 is 20.9. The van der Waals surface area contributed by atoms with E-state index in [1.165, 1.54) is 23.9 Å². The second-order valence-corrected chi connectivity index (χ2v) is 10.4. The van der Waals surface area contributed by atoms with Crippen LogP contribution in [0.5, 0.6) is 5.75 Å². The molecular weight excluding hydrogens is 653 g/mol. The number of aryl methyl sites for hydroxylation is 1. The number of amides is 1. The van der Waals surface area contributed by atoms with Crippen molar-refractivity contribution in [2.24, 2.45) is 4.99 Å². The summed E-state index contributed by atoms with van der Waals surface area (Å²) in [5.74, 6) is 0.335. The van der Waals surface area contributed by atoms with Crippen LogP contribution in [0.1, 0.15) is 16.7 Å². The van der Waals surface area contributed by atoms with Crippen molar-refractivity contribution in [3.05, 3.63) is 95.2 Å². The molecule has 4 rings (SSSR count). The predicted octanol–water partition coefficient (Wildman–Crippen LogP) is 6.81. The Balaban J connectivity index is 1.49. The number of hydrogen-bond acceptors (Lipinski definition) is 4. The standard InChI is InChI=1S/C24H17FI2N2O2S/c1-14-2-8-18(9-3-14)28-24-29-23(30)21(32-24)12-16-10-19(26)22(20(27)11-16)31-13-15-4-6-17(25)7-5-15/h2-12H,13H2,1H3,(H,28,29,30)/b21-12+. The van der Waals surface area contributed by atoms with Crippen molar-refractivity contribution in [1.82, 2.24) is 5.32 Å². The maximum absolute atomic E-state index is 13.1. The lowest BCUT2D eigenvalue weighted by Gasteiger charge is -2.12. The number of halogens is 3. The molecule has 162 valence electrons. The molecule has 0 unspecified atom stereocenters. The number of carbonyl (C=O) groups excluding carboxylic acids is 1. The molecule has 0 radical (unpaired) electrons. The minimum absolute atomic E-state index is 0.164. The third kappa shape index (κ3) is 5.90. The van der Waals surface area contributed by atoms with Crippen LogP contribution in [0.4, 0.5) is 10.1 Å². The molecule has 1 amide bonds. The molecule has 1 fully saturated rings. The first-order valence-electron chi connectivity index (χ1n) is 9.60. The van der Waals surface area contributed by atoms with E-state index in [2.05, 4.69) is 55.5 Å². The number of ether oxygens (including phenoxy) is 1. The normalized spacial score (nSPS) is 15.9. The highest BCUT2D eigenvalue weighted by Gasteiger charge is 2.24. The van der Waals surface area contributed by atoms with Gasteiger partial charge in [-0.15, -0.1) is 0 Å². The molecule has 0 aromatic heterocycles. The quantitative estimate of drug-likeness (QED) is 0.240. The number of amidine groups is 1. The molecule has 8 heteroatoms. The van der Waals surface area contributed by atoms with Crippen molar-refractivity contribution in [2.45, 2.75) is 13.5 Å². The van der Waals surface area contributed by atoms with Crippen molar-refractivity contribution in [2.75, 3.05) is 0 Å². The van der Waals surface area contributed by atoms with E-state index in [0.717, 1.165) is 35.3 Å².